The van der Waals surface area contributed by atoms with E-state index in [9.17, 15) is 4.79 Å². The number of furan rings is 1. The van der Waals surface area contributed by atoms with Crippen LogP contribution in [-0.4, -0.2) is 37.3 Å². The Balaban J connectivity index is 1.67. The van der Waals surface area contributed by atoms with Crippen LogP contribution in [0.1, 0.15) is 39.6 Å². The summed E-state index contributed by atoms with van der Waals surface area (Å²) >= 11 is 0. The molecule has 1 amide bonds. The first-order valence-electron chi connectivity index (χ1n) is 7.77. The standard InChI is InChI=1S/C16H17N5O3/c1-10-3-4-14(23-10)16(22)20-7-12(15-18-11(2)19-24-15)8-21-13(9-20)5-6-17-21/h3-6,12H,7-9H2,1-2H3. The van der Waals surface area contributed by atoms with Gasteiger partial charge in [0.25, 0.3) is 5.91 Å². The van der Waals surface area contributed by atoms with Crippen molar-refractivity contribution in [3.05, 3.63) is 53.3 Å². The van der Waals surface area contributed by atoms with Crippen molar-refractivity contribution in [1.29, 1.82) is 0 Å². The Bertz CT molecular complexity index is 878. The zero-order valence-corrected chi connectivity index (χ0v) is 13.5. The number of nitrogens with zero attached hydrogens (tertiary/aromatic N) is 5. The molecule has 0 saturated carbocycles. The zero-order chi connectivity index (χ0) is 16.7. The van der Waals surface area contributed by atoms with Crippen molar-refractivity contribution in [3.8, 4) is 0 Å². The van der Waals surface area contributed by atoms with E-state index in [1.54, 1.807) is 30.2 Å². The number of carbonyl (C=O) groups is 1. The van der Waals surface area contributed by atoms with Crippen molar-refractivity contribution in [2.24, 2.45) is 0 Å². The maximum absolute atomic E-state index is 12.8. The normalized spacial score (nSPS) is 17.6. The number of hydrogen-bond donors (Lipinski definition) is 0. The molecule has 0 spiro atoms. The van der Waals surface area contributed by atoms with Gasteiger partial charge in [-0.1, -0.05) is 5.16 Å². The molecule has 0 aliphatic carbocycles. The number of amides is 1. The third kappa shape index (κ3) is 2.60. The SMILES string of the molecule is Cc1noc(C2CN(C(=O)c3ccc(C)o3)Cc3ccnn3C2)n1. The van der Waals surface area contributed by atoms with E-state index >= 15 is 0 Å². The summed E-state index contributed by atoms with van der Waals surface area (Å²) in [5.74, 6) is 1.87. The van der Waals surface area contributed by atoms with Gasteiger partial charge in [-0.05, 0) is 32.0 Å². The molecule has 1 aliphatic heterocycles. The quantitative estimate of drug-likeness (QED) is 0.714. The van der Waals surface area contributed by atoms with Gasteiger partial charge in [0.15, 0.2) is 11.6 Å². The molecule has 8 nitrogen and oxygen atoms in total. The van der Waals surface area contributed by atoms with Crippen molar-refractivity contribution < 1.29 is 13.7 Å². The van der Waals surface area contributed by atoms with Gasteiger partial charge in [0.1, 0.15) is 5.76 Å². The summed E-state index contributed by atoms with van der Waals surface area (Å²) in [4.78, 5) is 18.9. The van der Waals surface area contributed by atoms with E-state index in [1.807, 2.05) is 17.7 Å². The Morgan fingerprint density at radius 2 is 2.12 bits per heavy atom. The van der Waals surface area contributed by atoms with Gasteiger partial charge in [0.2, 0.25) is 5.89 Å². The van der Waals surface area contributed by atoms with Crippen LogP contribution >= 0.6 is 0 Å². The van der Waals surface area contributed by atoms with E-state index in [0.717, 1.165) is 5.69 Å². The molecule has 3 aromatic heterocycles. The van der Waals surface area contributed by atoms with E-state index in [-0.39, 0.29) is 11.8 Å². The number of carbonyl (C=O) groups excluding carboxylic acids is 1. The molecule has 0 fully saturated rings. The molecule has 124 valence electrons. The van der Waals surface area contributed by atoms with Crippen LogP contribution in [0.2, 0.25) is 0 Å². The first-order chi connectivity index (χ1) is 11.6. The van der Waals surface area contributed by atoms with E-state index in [0.29, 0.717) is 42.9 Å². The molecule has 24 heavy (non-hydrogen) atoms. The third-order valence-electron chi connectivity index (χ3n) is 4.12. The summed E-state index contributed by atoms with van der Waals surface area (Å²) in [6, 6.07) is 5.40. The predicted molar refractivity (Wildman–Crippen MR) is 82.2 cm³/mol. The molecule has 1 atom stereocenters. The van der Waals surface area contributed by atoms with Crippen LogP contribution in [0, 0.1) is 13.8 Å². The molecule has 0 aromatic carbocycles. The molecule has 8 heteroatoms. The Hall–Kier alpha value is -2.90. The zero-order valence-electron chi connectivity index (χ0n) is 13.5. The monoisotopic (exact) mass is 327 g/mol. The summed E-state index contributed by atoms with van der Waals surface area (Å²) in [5, 5.41) is 8.20. The van der Waals surface area contributed by atoms with Gasteiger partial charge in [-0.25, -0.2) is 0 Å². The third-order valence-corrected chi connectivity index (χ3v) is 4.12. The topological polar surface area (TPSA) is 90.2 Å². The largest absolute Gasteiger partial charge is 0.456 e. The highest BCUT2D eigenvalue weighted by atomic mass is 16.5. The van der Waals surface area contributed by atoms with Gasteiger partial charge >= 0.3 is 0 Å². The summed E-state index contributed by atoms with van der Waals surface area (Å²) < 4.78 is 12.7. The second-order valence-electron chi connectivity index (χ2n) is 5.98. The van der Waals surface area contributed by atoms with Crippen molar-refractivity contribution in [3.63, 3.8) is 0 Å². The highest BCUT2D eigenvalue weighted by Crippen LogP contribution is 2.25. The number of aryl methyl sites for hydroxylation is 2. The number of fused-ring (bicyclic) bond motifs is 1. The predicted octanol–water partition coefficient (Wildman–Crippen LogP) is 1.92. The van der Waals surface area contributed by atoms with E-state index in [2.05, 4.69) is 15.2 Å². The van der Waals surface area contributed by atoms with Crippen LogP contribution < -0.4 is 0 Å². The molecule has 1 aliphatic rings. The lowest BCUT2D eigenvalue weighted by atomic mass is 10.1. The van der Waals surface area contributed by atoms with Crippen LogP contribution in [0.5, 0.6) is 0 Å². The summed E-state index contributed by atoms with van der Waals surface area (Å²) in [6.07, 6.45) is 1.73. The van der Waals surface area contributed by atoms with Crippen LogP contribution in [0.4, 0.5) is 0 Å². The average Bonchev–Trinajstić information content (AvgIpc) is 3.26. The van der Waals surface area contributed by atoms with Gasteiger partial charge in [0, 0.05) is 12.7 Å². The molecular weight excluding hydrogens is 310 g/mol. The van der Waals surface area contributed by atoms with E-state index < -0.39 is 0 Å². The van der Waals surface area contributed by atoms with Gasteiger partial charge < -0.3 is 13.8 Å². The number of aromatic nitrogens is 4. The molecule has 0 bridgehead atoms. The van der Waals surface area contributed by atoms with E-state index in [4.69, 9.17) is 8.94 Å². The lowest BCUT2D eigenvalue weighted by molar-refractivity contribution is 0.0698. The number of rotatable bonds is 2. The fourth-order valence-electron chi connectivity index (χ4n) is 2.95. The van der Waals surface area contributed by atoms with Gasteiger partial charge in [-0.15, -0.1) is 0 Å². The Morgan fingerprint density at radius 3 is 2.83 bits per heavy atom. The van der Waals surface area contributed by atoms with E-state index in [1.165, 1.54) is 0 Å². The van der Waals surface area contributed by atoms with Crippen LogP contribution in [0.3, 0.4) is 0 Å². The van der Waals surface area contributed by atoms with Gasteiger partial charge in [-0.2, -0.15) is 10.1 Å². The molecule has 0 saturated heterocycles. The molecule has 0 radical (unpaired) electrons. The fourth-order valence-corrected chi connectivity index (χ4v) is 2.95. The summed E-state index contributed by atoms with van der Waals surface area (Å²) in [7, 11) is 0. The van der Waals surface area contributed by atoms with Gasteiger partial charge in [0.05, 0.1) is 24.7 Å². The molecule has 4 heterocycles. The van der Waals surface area contributed by atoms with Gasteiger partial charge in [-0.3, -0.25) is 9.48 Å². The van der Waals surface area contributed by atoms with Crippen molar-refractivity contribution >= 4 is 5.91 Å². The second kappa shape index (κ2) is 5.63. The van der Waals surface area contributed by atoms with Crippen molar-refractivity contribution in [2.45, 2.75) is 32.9 Å². The van der Waals surface area contributed by atoms with Crippen molar-refractivity contribution in [1.82, 2.24) is 24.8 Å². The fraction of sp³-hybridized carbons (Fsp3) is 0.375. The first kappa shape index (κ1) is 14.7. The minimum Gasteiger partial charge on any atom is -0.456 e. The molecular formula is C16H17N5O3. The second-order valence-corrected chi connectivity index (χ2v) is 5.98. The molecule has 1 unspecified atom stereocenters. The highest BCUT2D eigenvalue weighted by molar-refractivity contribution is 5.91. The van der Waals surface area contributed by atoms with Crippen LogP contribution in [0.25, 0.3) is 0 Å². The molecule has 3 aromatic rings. The maximum Gasteiger partial charge on any atom is 0.289 e. The summed E-state index contributed by atoms with van der Waals surface area (Å²) in [5.41, 5.74) is 0.963. The lowest BCUT2D eigenvalue weighted by Gasteiger charge is -2.21. The summed E-state index contributed by atoms with van der Waals surface area (Å²) in [6.45, 7) is 5.10. The minimum absolute atomic E-state index is 0.118. The maximum atomic E-state index is 12.8. The first-order valence-corrected chi connectivity index (χ1v) is 7.77. The minimum atomic E-state index is -0.154. The lowest BCUT2D eigenvalue weighted by Crippen LogP contribution is -2.33. The average molecular weight is 327 g/mol. The molecule has 0 N–H and O–H groups in total. The number of hydrogen-bond acceptors (Lipinski definition) is 6. The van der Waals surface area contributed by atoms with Crippen molar-refractivity contribution in [2.75, 3.05) is 6.54 Å². The van der Waals surface area contributed by atoms with Crippen LogP contribution in [0.15, 0.2) is 33.3 Å². The van der Waals surface area contributed by atoms with Crippen LogP contribution in [-0.2, 0) is 13.1 Å². The Labute approximate surface area is 138 Å². The highest BCUT2D eigenvalue weighted by Gasteiger charge is 2.31. The smallest absolute Gasteiger partial charge is 0.289 e. The Kier molecular flexibility index (Phi) is 3.44. The molecule has 4 rings (SSSR count). The Morgan fingerprint density at radius 1 is 1.25 bits per heavy atom.